The molecule has 0 spiro atoms. The highest BCUT2D eigenvalue weighted by Gasteiger charge is 1.98. The van der Waals surface area contributed by atoms with Crippen LogP contribution in [0.2, 0.25) is 0 Å². The van der Waals surface area contributed by atoms with Gasteiger partial charge in [0.2, 0.25) is 0 Å². The van der Waals surface area contributed by atoms with E-state index in [2.05, 4.69) is 6.92 Å². The molecule has 2 N–H and O–H groups in total. The van der Waals surface area contributed by atoms with Crippen LogP contribution >= 0.6 is 0 Å². The first-order valence-corrected chi connectivity index (χ1v) is 7.35. The maximum absolute atomic E-state index is 11.3. The third-order valence-electron chi connectivity index (χ3n) is 2.30. The Morgan fingerprint density at radius 1 is 0.929 bits per heavy atom. The zero-order chi connectivity index (χ0) is 10.6. The molecule has 0 heterocycles. The topological polar surface area (TPSA) is 43.1 Å². The minimum atomic E-state index is -0.607. The molecule has 0 bridgehead atoms. The van der Waals surface area contributed by atoms with E-state index in [-0.39, 0.29) is 0 Å². The Labute approximate surface area is 91.1 Å². The van der Waals surface area contributed by atoms with E-state index < -0.39 is 10.8 Å². The second-order valence-corrected chi connectivity index (χ2v) is 5.45. The lowest BCUT2D eigenvalue weighted by molar-refractivity contribution is 0.621. The predicted octanol–water partition coefficient (Wildman–Crippen LogP) is 2.44. The lowest BCUT2D eigenvalue weighted by Gasteiger charge is -2.01. The van der Waals surface area contributed by atoms with Crippen LogP contribution in [-0.2, 0) is 10.8 Å². The van der Waals surface area contributed by atoms with Gasteiger partial charge in [0.1, 0.15) is 0 Å². The molecule has 0 aromatic carbocycles. The normalized spacial score (nSPS) is 13.0. The molecule has 0 fully saturated rings. The van der Waals surface area contributed by atoms with Crippen molar-refractivity contribution >= 4 is 10.8 Å². The van der Waals surface area contributed by atoms with Crippen LogP contribution in [0.25, 0.3) is 0 Å². The molecule has 0 rings (SSSR count). The molecule has 0 aliphatic heterocycles. The third kappa shape index (κ3) is 10.2. The summed E-state index contributed by atoms with van der Waals surface area (Å²) in [5, 5.41) is 0. The van der Waals surface area contributed by atoms with Crippen LogP contribution in [0, 0.1) is 0 Å². The maximum atomic E-state index is 11.3. The van der Waals surface area contributed by atoms with Crippen LogP contribution in [0.1, 0.15) is 51.9 Å². The molecule has 0 saturated heterocycles. The lowest BCUT2D eigenvalue weighted by Crippen LogP contribution is -2.08. The van der Waals surface area contributed by atoms with E-state index in [9.17, 15) is 4.21 Å². The zero-order valence-corrected chi connectivity index (χ0v) is 10.3. The van der Waals surface area contributed by atoms with Gasteiger partial charge in [0.25, 0.3) is 0 Å². The van der Waals surface area contributed by atoms with Crippen LogP contribution in [0.3, 0.4) is 0 Å². The standard InChI is InChI=1S/C11H25NOS/c1-2-3-4-5-6-7-10-14(13)11-8-9-12/h2-12H2,1H3. The highest BCUT2D eigenvalue weighted by Crippen LogP contribution is 2.05. The van der Waals surface area contributed by atoms with E-state index in [0.717, 1.165) is 24.3 Å². The average molecular weight is 219 g/mol. The molecule has 0 aliphatic rings. The summed E-state index contributed by atoms with van der Waals surface area (Å²) in [6.45, 7) is 2.89. The number of unbranched alkanes of at least 4 members (excludes halogenated alkanes) is 5. The van der Waals surface area contributed by atoms with Gasteiger partial charge in [-0.25, -0.2) is 0 Å². The van der Waals surface area contributed by atoms with Crippen LogP contribution < -0.4 is 5.73 Å². The molecule has 0 amide bonds. The Balaban J connectivity index is 3.07. The van der Waals surface area contributed by atoms with Crippen LogP contribution in [0.15, 0.2) is 0 Å². The highest BCUT2D eigenvalue weighted by atomic mass is 32.2. The predicted molar refractivity (Wildman–Crippen MR) is 64.9 cm³/mol. The summed E-state index contributed by atoms with van der Waals surface area (Å²) >= 11 is 0. The average Bonchev–Trinajstić information content (AvgIpc) is 2.20. The smallest absolute Gasteiger partial charge is 0.0246 e. The van der Waals surface area contributed by atoms with Crippen LogP contribution in [0.4, 0.5) is 0 Å². The SMILES string of the molecule is CCCCCCCCS(=O)CCCN. The molecule has 0 aromatic heterocycles. The van der Waals surface area contributed by atoms with Gasteiger partial charge in [-0.05, 0) is 19.4 Å². The van der Waals surface area contributed by atoms with Gasteiger partial charge >= 0.3 is 0 Å². The maximum Gasteiger partial charge on any atom is 0.0246 e. The number of hydrogen-bond donors (Lipinski definition) is 1. The Morgan fingerprint density at radius 2 is 1.50 bits per heavy atom. The van der Waals surface area contributed by atoms with Crippen molar-refractivity contribution in [3.05, 3.63) is 0 Å². The van der Waals surface area contributed by atoms with Crippen molar-refractivity contribution in [2.24, 2.45) is 5.73 Å². The summed E-state index contributed by atoms with van der Waals surface area (Å²) in [5.41, 5.74) is 5.35. The zero-order valence-electron chi connectivity index (χ0n) is 9.46. The van der Waals surface area contributed by atoms with Crippen molar-refractivity contribution in [3.63, 3.8) is 0 Å². The molecular weight excluding hydrogens is 194 g/mol. The number of nitrogens with two attached hydrogens (primary N) is 1. The van der Waals surface area contributed by atoms with Crippen molar-refractivity contribution < 1.29 is 4.21 Å². The first-order valence-electron chi connectivity index (χ1n) is 5.86. The first kappa shape index (κ1) is 14.1. The van der Waals surface area contributed by atoms with E-state index in [1.54, 1.807) is 0 Å². The van der Waals surface area contributed by atoms with Crippen LogP contribution in [0.5, 0.6) is 0 Å². The van der Waals surface area contributed by atoms with E-state index in [1.165, 1.54) is 32.1 Å². The van der Waals surface area contributed by atoms with Crippen molar-refractivity contribution in [1.29, 1.82) is 0 Å². The monoisotopic (exact) mass is 219 g/mol. The Bertz CT molecular complexity index is 139. The molecule has 0 radical (unpaired) electrons. The Morgan fingerprint density at radius 3 is 2.14 bits per heavy atom. The molecule has 86 valence electrons. The summed E-state index contributed by atoms with van der Waals surface area (Å²) in [7, 11) is -0.607. The van der Waals surface area contributed by atoms with Gasteiger partial charge in [-0.2, -0.15) is 0 Å². The molecular formula is C11H25NOS. The molecule has 0 aliphatic carbocycles. The second-order valence-electron chi connectivity index (χ2n) is 3.76. The second kappa shape index (κ2) is 11.2. The summed E-state index contributed by atoms with van der Waals surface area (Å²) in [4.78, 5) is 0. The summed E-state index contributed by atoms with van der Waals surface area (Å²) in [6, 6.07) is 0. The van der Waals surface area contributed by atoms with Crippen molar-refractivity contribution in [3.8, 4) is 0 Å². The minimum absolute atomic E-state index is 0.607. The molecule has 0 saturated carbocycles. The molecule has 14 heavy (non-hydrogen) atoms. The van der Waals surface area contributed by atoms with Gasteiger partial charge in [-0.15, -0.1) is 0 Å². The van der Waals surface area contributed by atoms with Gasteiger partial charge in [0.05, 0.1) is 0 Å². The van der Waals surface area contributed by atoms with Gasteiger partial charge in [0.15, 0.2) is 0 Å². The van der Waals surface area contributed by atoms with Crippen LogP contribution in [-0.4, -0.2) is 22.3 Å². The molecule has 2 nitrogen and oxygen atoms in total. The van der Waals surface area contributed by atoms with Crippen molar-refractivity contribution in [1.82, 2.24) is 0 Å². The molecule has 1 unspecified atom stereocenters. The third-order valence-corrected chi connectivity index (χ3v) is 3.79. The van der Waals surface area contributed by atoms with E-state index in [0.29, 0.717) is 6.54 Å². The fraction of sp³-hybridized carbons (Fsp3) is 1.00. The van der Waals surface area contributed by atoms with Gasteiger partial charge in [-0.1, -0.05) is 39.0 Å². The van der Waals surface area contributed by atoms with Crippen molar-refractivity contribution in [2.75, 3.05) is 18.1 Å². The Kier molecular flexibility index (Phi) is 11.3. The number of rotatable bonds is 10. The summed E-state index contributed by atoms with van der Waals surface area (Å²) in [6.07, 6.45) is 8.56. The van der Waals surface area contributed by atoms with Gasteiger partial charge in [0, 0.05) is 22.3 Å². The summed E-state index contributed by atoms with van der Waals surface area (Å²) in [5.74, 6) is 1.68. The fourth-order valence-electron chi connectivity index (χ4n) is 1.39. The fourth-order valence-corrected chi connectivity index (χ4v) is 2.61. The summed E-state index contributed by atoms with van der Waals surface area (Å²) < 4.78 is 11.3. The van der Waals surface area contributed by atoms with Gasteiger partial charge < -0.3 is 5.73 Å². The van der Waals surface area contributed by atoms with E-state index >= 15 is 0 Å². The molecule has 1 atom stereocenters. The Hall–Kier alpha value is 0.110. The quantitative estimate of drug-likeness (QED) is 0.574. The molecule has 0 aromatic rings. The first-order chi connectivity index (χ1) is 6.81. The number of hydrogen-bond acceptors (Lipinski definition) is 2. The van der Waals surface area contributed by atoms with E-state index in [1.807, 2.05) is 0 Å². The highest BCUT2D eigenvalue weighted by molar-refractivity contribution is 7.84. The minimum Gasteiger partial charge on any atom is -0.330 e. The molecule has 3 heteroatoms. The van der Waals surface area contributed by atoms with Gasteiger partial charge in [-0.3, -0.25) is 4.21 Å². The lowest BCUT2D eigenvalue weighted by atomic mass is 10.1. The van der Waals surface area contributed by atoms with Crippen molar-refractivity contribution in [2.45, 2.75) is 51.9 Å². The van der Waals surface area contributed by atoms with E-state index in [4.69, 9.17) is 5.73 Å². The largest absolute Gasteiger partial charge is 0.330 e.